The summed E-state index contributed by atoms with van der Waals surface area (Å²) in [7, 11) is 0. The number of nitrogen functional groups attached to an aromatic ring is 1. The number of nitrogens with two attached hydrogens (primary N) is 1. The van der Waals surface area contributed by atoms with Gasteiger partial charge in [-0.05, 0) is 31.5 Å². The molecular weight excluding hydrogens is 214 g/mol. The van der Waals surface area contributed by atoms with Crippen LogP contribution in [0.15, 0.2) is 18.3 Å². The quantitative estimate of drug-likeness (QED) is 0.809. The van der Waals surface area contributed by atoms with Crippen molar-refractivity contribution in [1.82, 2.24) is 19.9 Å². The van der Waals surface area contributed by atoms with Crippen LogP contribution in [0.25, 0.3) is 5.65 Å². The molecule has 1 aliphatic rings. The zero-order valence-corrected chi connectivity index (χ0v) is 9.76. The van der Waals surface area contributed by atoms with Crippen molar-refractivity contribution in [2.45, 2.75) is 31.7 Å². The number of aromatic nitrogens is 3. The Morgan fingerprint density at radius 1 is 1.41 bits per heavy atom. The van der Waals surface area contributed by atoms with E-state index in [1.54, 1.807) is 0 Å². The van der Waals surface area contributed by atoms with Gasteiger partial charge in [0.25, 0.3) is 0 Å². The fraction of sp³-hybridized carbons (Fsp3) is 0.500. The van der Waals surface area contributed by atoms with Gasteiger partial charge in [-0.15, -0.1) is 10.2 Å². The van der Waals surface area contributed by atoms with E-state index in [2.05, 4.69) is 15.5 Å². The van der Waals surface area contributed by atoms with Crippen LogP contribution in [0.2, 0.25) is 0 Å². The highest BCUT2D eigenvalue weighted by molar-refractivity contribution is 5.63. The Kier molecular flexibility index (Phi) is 2.68. The summed E-state index contributed by atoms with van der Waals surface area (Å²) in [5.41, 5.74) is 7.31. The summed E-state index contributed by atoms with van der Waals surface area (Å²) in [5, 5.41) is 11.9. The maximum atomic E-state index is 5.86. The lowest BCUT2D eigenvalue weighted by Gasteiger charge is -2.22. The Hall–Kier alpha value is -1.62. The van der Waals surface area contributed by atoms with Crippen LogP contribution in [0.4, 0.5) is 5.69 Å². The van der Waals surface area contributed by atoms with E-state index in [0.717, 1.165) is 24.4 Å². The Morgan fingerprint density at radius 2 is 2.35 bits per heavy atom. The number of nitrogens with zero attached hydrogens (tertiary/aromatic N) is 3. The summed E-state index contributed by atoms with van der Waals surface area (Å²) in [6, 6.07) is 4.31. The van der Waals surface area contributed by atoms with Gasteiger partial charge in [0.15, 0.2) is 5.65 Å². The molecule has 3 N–H and O–H groups in total. The number of fused-ring (bicyclic) bond motifs is 1. The first kappa shape index (κ1) is 10.5. The molecule has 5 heteroatoms. The Morgan fingerprint density at radius 3 is 3.18 bits per heavy atom. The van der Waals surface area contributed by atoms with Gasteiger partial charge in [-0.25, -0.2) is 0 Å². The third kappa shape index (κ3) is 1.98. The van der Waals surface area contributed by atoms with Gasteiger partial charge < -0.3 is 11.1 Å². The molecule has 0 aromatic carbocycles. The van der Waals surface area contributed by atoms with Gasteiger partial charge >= 0.3 is 0 Å². The highest BCUT2D eigenvalue weighted by Crippen LogP contribution is 2.15. The van der Waals surface area contributed by atoms with Gasteiger partial charge in [0.2, 0.25) is 0 Å². The summed E-state index contributed by atoms with van der Waals surface area (Å²) in [5.74, 6) is 0.992. The van der Waals surface area contributed by atoms with Crippen LogP contribution >= 0.6 is 0 Å². The van der Waals surface area contributed by atoms with Gasteiger partial charge in [-0.1, -0.05) is 6.42 Å². The topological polar surface area (TPSA) is 68.2 Å². The van der Waals surface area contributed by atoms with E-state index in [0.29, 0.717) is 11.7 Å². The van der Waals surface area contributed by atoms with Crippen LogP contribution in [0.1, 0.15) is 25.1 Å². The van der Waals surface area contributed by atoms with Gasteiger partial charge in [0.1, 0.15) is 5.82 Å². The fourth-order valence-electron chi connectivity index (χ4n) is 2.44. The standard InChI is InChI=1S/C12H17N5/c13-10-5-3-7-17-11(15-16-12(10)17)8-9-4-1-2-6-14-9/h3,5,7,9,14H,1-2,4,6,8,13H2. The molecule has 0 radical (unpaired) electrons. The second-order valence-electron chi connectivity index (χ2n) is 4.62. The Bertz CT molecular complexity index is 513. The molecule has 17 heavy (non-hydrogen) atoms. The van der Waals surface area contributed by atoms with E-state index in [-0.39, 0.29) is 0 Å². The molecule has 0 aliphatic carbocycles. The minimum atomic E-state index is 0.526. The maximum Gasteiger partial charge on any atom is 0.183 e. The minimum absolute atomic E-state index is 0.526. The van der Waals surface area contributed by atoms with E-state index in [1.807, 2.05) is 22.7 Å². The van der Waals surface area contributed by atoms with Gasteiger partial charge in [-0.3, -0.25) is 4.40 Å². The SMILES string of the molecule is Nc1cccn2c(CC3CCCCN3)nnc12. The average molecular weight is 231 g/mol. The van der Waals surface area contributed by atoms with Crippen molar-refractivity contribution in [2.24, 2.45) is 0 Å². The lowest BCUT2D eigenvalue weighted by molar-refractivity contribution is 0.393. The van der Waals surface area contributed by atoms with Crippen molar-refractivity contribution in [2.75, 3.05) is 12.3 Å². The third-order valence-electron chi connectivity index (χ3n) is 3.38. The van der Waals surface area contributed by atoms with Crippen LogP contribution in [0.3, 0.4) is 0 Å². The van der Waals surface area contributed by atoms with E-state index < -0.39 is 0 Å². The van der Waals surface area contributed by atoms with Crippen molar-refractivity contribution < 1.29 is 0 Å². The first-order valence-corrected chi connectivity index (χ1v) is 6.16. The number of piperidine rings is 1. The third-order valence-corrected chi connectivity index (χ3v) is 3.38. The Labute approximate surface area is 100 Å². The molecule has 90 valence electrons. The first-order chi connectivity index (χ1) is 8.34. The summed E-state index contributed by atoms with van der Waals surface area (Å²) in [6.07, 6.45) is 6.70. The zero-order chi connectivity index (χ0) is 11.7. The second-order valence-corrected chi connectivity index (χ2v) is 4.62. The van der Waals surface area contributed by atoms with Crippen LogP contribution < -0.4 is 11.1 Å². The maximum absolute atomic E-state index is 5.86. The van der Waals surface area contributed by atoms with Gasteiger partial charge in [0, 0.05) is 18.7 Å². The smallest absolute Gasteiger partial charge is 0.183 e. The molecule has 5 nitrogen and oxygen atoms in total. The number of pyridine rings is 1. The number of hydrogen-bond donors (Lipinski definition) is 2. The number of nitrogens with one attached hydrogen (secondary N) is 1. The lowest BCUT2D eigenvalue weighted by Crippen LogP contribution is -2.36. The molecule has 0 amide bonds. The van der Waals surface area contributed by atoms with Crippen molar-refractivity contribution in [1.29, 1.82) is 0 Å². The monoisotopic (exact) mass is 231 g/mol. The molecule has 3 rings (SSSR count). The molecule has 1 saturated heterocycles. The van der Waals surface area contributed by atoms with Crippen LogP contribution in [0.5, 0.6) is 0 Å². The first-order valence-electron chi connectivity index (χ1n) is 6.16. The fourth-order valence-corrected chi connectivity index (χ4v) is 2.44. The summed E-state index contributed by atoms with van der Waals surface area (Å²) < 4.78 is 1.99. The van der Waals surface area contributed by atoms with E-state index in [9.17, 15) is 0 Å². The normalized spacial score (nSPS) is 20.8. The number of hydrogen-bond acceptors (Lipinski definition) is 4. The predicted molar refractivity (Wildman–Crippen MR) is 66.7 cm³/mol. The Balaban J connectivity index is 1.87. The van der Waals surface area contributed by atoms with Crippen molar-refractivity contribution in [3.05, 3.63) is 24.2 Å². The molecular formula is C12H17N5. The van der Waals surface area contributed by atoms with Crippen LogP contribution in [-0.4, -0.2) is 27.2 Å². The molecule has 2 aromatic heterocycles. The average Bonchev–Trinajstić information content (AvgIpc) is 2.76. The molecule has 0 spiro atoms. The van der Waals surface area contributed by atoms with Gasteiger partial charge in [0.05, 0.1) is 5.69 Å². The molecule has 1 fully saturated rings. The molecule has 2 aromatic rings. The highest BCUT2D eigenvalue weighted by Gasteiger charge is 2.16. The molecule has 3 heterocycles. The van der Waals surface area contributed by atoms with Crippen LogP contribution in [-0.2, 0) is 6.42 Å². The van der Waals surface area contributed by atoms with Crippen molar-refractivity contribution in [3.63, 3.8) is 0 Å². The summed E-state index contributed by atoms with van der Waals surface area (Å²) in [6.45, 7) is 1.11. The minimum Gasteiger partial charge on any atom is -0.396 e. The van der Waals surface area contributed by atoms with E-state index >= 15 is 0 Å². The highest BCUT2D eigenvalue weighted by atomic mass is 15.3. The lowest BCUT2D eigenvalue weighted by atomic mass is 10.0. The molecule has 1 unspecified atom stereocenters. The predicted octanol–water partition coefficient (Wildman–Crippen LogP) is 0.996. The molecule has 1 aliphatic heterocycles. The number of rotatable bonds is 2. The van der Waals surface area contributed by atoms with Crippen molar-refractivity contribution in [3.8, 4) is 0 Å². The molecule has 0 saturated carbocycles. The number of anilines is 1. The summed E-state index contributed by atoms with van der Waals surface area (Å²) >= 11 is 0. The zero-order valence-electron chi connectivity index (χ0n) is 9.76. The summed E-state index contributed by atoms with van der Waals surface area (Å²) in [4.78, 5) is 0. The largest absolute Gasteiger partial charge is 0.396 e. The van der Waals surface area contributed by atoms with E-state index in [1.165, 1.54) is 19.3 Å². The second kappa shape index (κ2) is 4.33. The molecule has 1 atom stereocenters. The van der Waals surface area contributed by atoms with E-state index in [4.69, 9.17) is 5.73 Å². The van der Waals surface area contributed by atoms with Gasteiger partial charge in [-0.2, -0.15) is 0 Å². The van der Waals surface area contributed by atoms with Crippen molar-refractivity contribution >= 4 is 11.3 Å². The molecule has 0 bridgehead atoms. The van der Waals surface area contributed by atoms with Crippen LogP contribution in [0, 0.1) is 0 Å².